The van der Waals surface area contributed by atoms with Crippen LogP contribution in [0, 0.1) is 5.82 Å². The molecule has 1 aromatic rings. The van der Waals surface area contributed by atoms with Crippen molar-refractivity contribution in [1.82, 2.24) is 9.80 Å². The monoisotopic (exact) mass is 421 g/mol. The van der Waals surface area contributed by atoms with Gasteiger partial charge in [-0.15, -0.1) is 0 Å². The van der Waals surface area contributed by atoms with Gasteiger partial charge in [0.05, 0.1) is 6.10 Å². The van der Waals surface area contributed by atoms with Crippen LogP contribution in [0.2, 0.25) is 0 Å². The fraction of sp³-hybridized carbons (Fsp3) is 0.708. The molecule has 1 saturated carbocycles. The molecule has 1 fully saturated rings. The van der Waals surface area contributed by atoms with Crippen molar-refractivity contribution in [1.29, 1.82) is 0 Å². The zero-order valence-corrected chi connectivity index (χ0v) is 19.0. The van der Waals surface area contributed by atoms with Crippen molar-refractivity contribution >= 4 is 11.7 Å². The Bertz CT molecular complexity index is 603. The van der Waals surface area contributed by atoms with Gasteiger partial charge in [-0.1, -0.05) is 19.8 Å². The van der Waals surface area contributed by atoms with E-state index in [0.717, 1.165) is 45.3 Å². The van der Waals surface area contributed by atoms with Crippen molar-refractivity contribution in [3.63, 3.8) is 0 Å². The van der Waals surface area contributed by atoms with Gasteiger partial charge in [-0.3, -0.25) is 0 Å². The number of hydrogen-bond donors (Lipinski definition) is 1. The number of halogens is 1. The van der Waals surface area contributed by atoms with Crippen LogP contribution in [0.3, 0.4) is 0 Å². The number of amides is 2. The molecule has 2 amide bonds. The number of anilines is 1. The molecule has 1 aliphatic carbocycles. The van der Waals surface area contributed by atoms with E-state index >= 15 is 0 Å². The zero-order valence-electron chi connectivity index (χ0n) is 19.0. The number of rotatable bonds is 12. The maximum Gasteiger partial charge on any atom is 0.321 e. The molecule has 2 rings (SSSR count). The third-order valence-corrected chi connectivity index (χ3v) is 6.04. The van der Waals surface area contributed by atoms with Crippen molar-refractivity contribution in [2.45, 2.75) is 76.9 Å². The average Bonchev–Trinajstić information content (AvgIpc) is 2.75. The summed E-state index contributed by atoms with van der Waals surface area (Å²) in [5.74, 6) is -0.307. The molecule has 0 heterocycles. The van der Waals surface area contributed by atoms with Gasteiger partial charge in [0, 0.05) is 25.4 Å². The summed E-state index contributed by atoms with van der Waals surface area (Å²) in [6, 6.07) is 5.94. The Labute approximate surface area is 182 Å². The van der Waals surface area contributed by atoms with E-state index in [4.69, 9.17) is 4.74 Å². The highest BCUT2D eigenvalue weighted by Crippen LogP contribution is 2.25. The molecular formula is C24H40FN3O2. The Morgan fingerprint density at radius 2 is 1.67 bits per heavy atom. The molecule has 0 radical (unpaired) electrons. The van der Waals surface area contributed by atoms with E-state index in [1.165, 1.54) is 44.4 Å². The van der Waals surface area contributed by atoms with E-state index in [1.807, 2.05) is 7.05 Å². The molecule has 0 atom stereocenters. The smallest absolute Gasteiger partial charge is 0.321 e. The third-order valence-electron chi connectivity index (χ3n) is 6.04. The summed E-state index contributed by atoms with van der Waals surface area (Å²) in [6.45, 7) is 5.42. The molecule has 0 saturated heterocycles. The third kappa shape index (κ3) is 9.00. The summed E-state index contributed by atoms with van der Waals surface area (Å²) in [6.07, 6.45) is 10.4. The van der Waals surface area contributed by atoms with E-state index in [-0.39, 0.29) is 17.9 Å². The zero-order chi connectivity index (χ0) is 21.8. The van der Waals surface area contributed by atoms with Crippen LogP contribution in [0.5, 0.6) is 0 Å². The Hall–Kier alpha value is -1.66. The van der Waals surface area contributed by atoms with Gasteiger partial charge in [-0.25, -0.2) is 9.18 Å². The average molecular weight is 422 g/mol. The van der Waals surface area contributed by atoms with Gasteiger partial charge in [-0.2, -0.15) is 0 Å². The number of carbonyl (C=O) groups is 1. The molecule has 0 unspecified atom stereocenters. The number of urea groups is 1. The standard InChI is InChI=1S/C24H40FN3O2/c1-4-5-6-17-27(2)18-7-8-19-30-23-15-13-22(14-16-23)28(3)24(29)26-21-11-9-20(25)10-12-21/h9-12,22-23H,4-8,13-19H2,1-3H3,(H,26,29). The first-order valence-electron chi connectivity index (χ1n) is 11.6. The second-order valence-corrected chi connectivity index (χ2v) is 8.57. The lowest BCUT2D eigenvalue weighted by atomic mass is 9.92. The molecular weight excluding hydrogens is 381 g/mol. The van der Waals surface area contributed by atoms with E-state index in [2.05, 4.69) is 24.2 Å². The lowest BCUT2D eigenvalue weighted by molar-refractivity contribution is 0.0126. The maximum atomic E-state index is 13.0. The number of unbranched alkanes of at least 4 members (excludes halogenated alkanes) is 3. The normalized spacial score (nSPS) is 19.1. The van der Waals surface area contributed by atoms with Crippen molar-refractivity contribution in [3.8, 4) is 0 Å². The van der Waals surface area contributed by atoms with Gasteiger partial charge < -0.3 is 19.9 Å². The number of ether oxygens (including phenoxy) is 1. The molecule has 30 heavy (non-hydrogen) atoms. The Kier molecular flexibility index (Phi) is 11.2. The van der Waals surface area contributed by atoms with E-state index in [1.54, 1.807) is 17.0 Å². The minimum atomic E-state index is -0.307. The van der Waals surface area contributed by atoms with Gasteiger partial charge in [0.25, 0.3) is 0 Å². The number of benzene rings is 1. The van der Waals surface area contributed by atoms with Crippen LogP contribution in [-0.4, -0.2) is 61.8 Å². The Morgan fingerprint density at radius 1 is 1.03 bits per heavy atom. The largest absolute Gasteiger partial charge is 0.378 e. The van der Waals surface area contributed by atoms with Crippen molar-refractivity contribution < 1.29 is 13.9 Å². The van der Waals surface area contributed by atoms with E-state index in [9.17, 15) is 9.18 Å². The van der Waals surface area contributed by atoms with Crippen molar-refractivity contribution in [2.24, 2.45) is 0 Å². The Morgan fingerprint density at radius 3 is 2.30 bits per heavy atom. The topological polar surface area (TPSA) is 44.8 Å². The summed E-state index contributed by atoms with van der Waals surface area (Å²) in [4.78, 5) is 16.6. The first-order valence-corrected chi connectivity index (χ1v) is 11.6. The number of carbonyl (C=O) groups excluding carboxylic acids is 1. The fourth-order valence-electron chi connectivity index (χ4n) is 3.99. The quantitative estimate of drug-likeness (QED) is 0.452. The second-order valence-electron chi connectivity index (χ2n) is 8.57. The first-order chi connectivity index (χ1) is 14.5. The number of nitrogens with zero attached hydrogens (tertiary/aromatic N) is 2. The lowest BCUT2D eigenvalue weighted by Gasteiger charge is -2.34. The van der Waals surface area contributed by atoms with Gasteiger partial charge in [0.1, 0.15) is 5.82 Å². The summed E-state index contributed by atoms with van der Waals surface area (Å²) in [5.41, 5.74) is 0.612. The second kappa shape index (κ2) is 13.6. The molecule has 1 N–H and O–H groups in total. The molecule has 6 heteroatoms. The fourth-order valence-corrected chi connectivity index (χ4v) is 3.99. The molecule has 0 aliphatic heterocycles. The molecule has 0 spiro atoms. The van der Waals surface area contributed by atoms with Crippen LogP contribution in [0.25, 0.3) is 0 Å². The van der Waals surface area contributed by atoms with Gasteiger partial charge in [0.2, 0.25) is 0 Å². The molecule has 0 bridgehead atoms. The summed E-state index contributed by atoms with van der Waals surface area (Å²) in [7, 11) is 4.04. The molecule has 1 aromatic carbocycles. The van der Waals surface area contributed by atoms with Gasteiger partial charge >= 0.3 is 6.03 Å². The molecule has 170 valence electrons. The molecule has 5 nitrogen and oxygen atoms in total. The minimum Gasteiger partial charge on any atom is -0.378 e. The molecule has 0 aromatic heterocycles. The van der Waals surface area contributed by atoms with Gasteiger partial charge in [0.15, 0.2) is 0 Å². The van der Waals surface area contributed by atoms with Crippen LogP contribution in [-0.2, 0) is 4.74 Å². The highest BCUT2D eigenvalue weighted by molar-refractivity contribution is 5.89. The number of hydrogen-bond acceptors (Lipinski definition) is 3. The predicted octanol–water partition coefficient (Wildman–Crippen LogP) is 5.52. The summed E-state index contributed by atoms with van der Waals surface area (Å²) < 4.78 is 19.1. The van der Waals surface area contributed by atoms with Crippen LogP contribution >= 0.6 is 0 Å². The Balaban J connectivity index is 1.57. The highest BCUT2D eigenvalue weighted by atomic mass is 19.1. The summed E-state index contributed by atoms with van der Waals surface area (Å²) >= 11 is 0. The maximum absolute atomic E-state index is 13.0. The van der Waals surface area contributed by atoms with Crippen molar-refractivity contribution in [2.75, 3.05) is 39.1 Å². The first kappa shape index (κ1) is 24.6. The minimum absolute atomic E-state index is 0.144. The van der Waals surface area contributed by atoms with Crippen molar-refractivity contribution in [3.05, 3.63) is 30.1 Å². The molecule has 1 aliphatic rings. The van der Waals surface area contributed by atoms with Crippen LogP contribution in [0.4, 0.5) is 14.9 Å². The van der Waals surface area contributed by atoms with Crippen LogP contribution in [0.1, 0.15) is 64.7 Å². The SMILES string of the molecule is CCCCCN(C)CCCCOC1CCC(N(C)C(=O)Nc2ccc(F)cc2)CC1. The number of nitrogens with one attached hydrogen (secondary N) is 1. The van der Waals surface area contributed by atoms with Crippen LogP contribution in [0.15, 0.2) is 24.3 Å². The highest BCUT2D eigenvalue weighted by Gasteiger charge is 2.27. The van der Waals surface area contributed by atoms with Gasteiger partial charge in [-0.05, 0) is 89.3 Å². The van der Waals surface area contributed by atoms with E-state index < -0.39 is 0 Å². The summed E-state index contributed by atoms with van der Waals surface area (Å²) in [5, 5.41) is 2.84. The lowest BCUT2D eigenvalue weighted by Crippen LogP contribution is -2.42. The van der Waals surface area contributed by atoms with E-state index in [0.29, 0.717) is 11.8 Å². The predicted molar refractivity (Wildman–Crippen MR) is 121 cm³/mol. The van der Waals surface area contributed by atoms with Crippen LogP contribution < -0.4 is 5.32 Å².